The van der Waals surface area contributed by atoms with Gasteiger partial charge in [0.1, 0.15) is 0 Å². The molecule has 2 nitrogen and oxygen atoms in total. The Kier molecular flexibility index (Phi) is 2.44. The standard InChI is InChI=1S/C14H11BrO2/c15-11-6-9-17-12(11)13(16)14(7-8-14)10-4-2-1-3-5-10/h1-6,9H,7-8H2. The number of hydrogen-bond donors (Lipinski definition) is 0. The van der Waals surface area contributed by atoms with E-state index < -0.39 is 0 Å². The number of ketones is 1. The number of benzene rings is 1. The molecule has 3 rings (SSSR count). The van der Waals surface area contributed by atoms with Crippen molar-refractivity contribution >= 4 is 21.7 Å². The van der Waals surface area contributed by atoms with Crippen LogP contribution in [0.15, 0.2) is 51.6 Å². The molecule has 1 aromatic heterocycles. The van der Waals surface area contributed by atoms with Gasteiger partial charge in [-0.3, -0.25) is 4.79 Å². The Labute approximate surface area is 108 Å². The van der Waals surface area contributed by atoms with Crippen molar-refractivity contribution in [1.29, 1.82) is 0 Å². The normalized spacial score (nSPS) is 16.8. The molecule has 0 radical (unpaired) electrons. The van der Waals surface area contributed by atoms with E-state index in [1.807, 2.05) is 30.3 Å². The minimum atomic E-state index is -0.346. The van der Waals surface area contributed by atoms with Crippen LogP contribution in [0, 0.1) is 0 Å². The van der Waals surface area contributed by atoms with Crippen LogP contribution in [-0.2, 0) is 5.41 Å². The second kappa shape index (κ2) is 3.84. The molecule has 17 heavy (non-hydrogen) atoms. The number of hydrogen-bond acceptors (Lipinski definition) is 2. The first-order valence-corrected chi connectivity index (χ1v) is 6.37. The Morgan fingerprint density at radius 3 is 2.41 bits per heavy atom. The predicted octanol–water partition coefficient (Wildman–Crippen LogP) is 3.96. The lowest BCUT2D eigenvalue weighted by Crippen LogP contribution is -2.20. The van der Waals surface area contributed by atoms with Crippen LogP contribution in [-0.4, -0.2) is 5.78 Å². The van der Waals surface area contributed by atoms with Gasteiger partial charge in [-0.15, -0.1) is 0 Å². The van der Waals surface area contributed by atoms with Crippen molar-refractivity contribution in [3.63, 3.8) is 0 Å². The summed E-state index contributed by atoms with van der Waals surface area (Å²) in [7, 11) is 0. The van der Waals surface area contributed by atoms with Crippen LogP contribution in [0.1, 0.15) is 29.0 Å². The maximum absolute atomic E-state index is 12.5. The van der Waals surface area contributed by atoms with Crippen molar-refractivity contribution in [2.45, 2.75) is 18.3 Å². The highest BCUT2D eigenvalue weighted by Gasteiger charge is 2.52. The van der Waals surface area contributed by atoms with Gasteiger partial charge < -0.3 is 4.42 Å². The van der Waals surface area contributed by atoms with Gasteiger partial charge in [0.15, 0.2) is 5.76 Å². The molecule has 86 valence electrons. The maximum atomic E-state index is 12.5. The molecule has 1 aliphatic carbocycles. The van der Waals surface area contributed by atoms with E-state index in [1.165, 1.54) is 0 Å². The molecule has 1 heterocycles. The van der Waals surface area contributed by atoms with Crippen LogP contribution in [0.4, 0.5) is 0 Å². The van der Waals surface area contributed by atoms with Gasteiger partial charge in [0.2, 0.25) is 5.78 Å². The van der Waals surface area contributed by atoms with E-state index in [0.717, 1.165) is 22.9 Å². The summed E-state index contributed by atoms with van der Waals surface area (Å²) in [6, 6.07) is 11.7. The van der Waals surface area contributed by atoms with E-state index in [9.17, 15) is 4.79 Å². The van der Waals surface area contributed by atoms with Crippen molar-refractivity contribution in [3.8, 4) is 0 Å². The highest BCUT2D eigenvalue weighted by molar-refractivity contribution is 9.10. The lowest BCUT2D eigenvalue weighted by atomic mass is 9.90. The van der Waals surface area contributed by atoms with Crippen LogP contribution in [0.3, 0.4) is 0 Å². The van der Waals surface area contributed by atoms with E-state index in [-0.39, 0.29) is 11.2 Å². The maximum Gasteiger partial charge on any atom is 0.209 e. The van der Waals surface area contributed by atoms with Crippen molar-refractivity contribution in [1.82, 2.24) is 0 Å². The van der Waals surface area contributed by atoms with Crippen molar-refractivity contribution in [3.05, 3.63) is 58.5 Å². The van der Waals surface area contributed by atoms with Gasteiger partial charge in [-0.25, -0.2) is 0 Å². The quantitative estimate of drug-likeness (QED) is 0.801. The highest BCUT2D eigenvalue weighted by atomic mass is 79.9. The van der Waals surface area contributed by atoms with Crippen LogP contribution in [0.25, 0.3) is 0 Å². The van der Waals surface area contributed by atoms with Gasteiger partial charge in [0.05, 0.1) is 16.2 Å². The average Bonchev–Trinajstić information content (AvgIpc) is 3.07. The third kappa shape index (κ3) is 1.65. The zero-order chi connectivity index (χ0) is 11.9. The lowest BCUT2D eigenvalue weighted by Gasteiger charge is -2.12. The molecule has 0 N–H and O–H groups in total. The summed E-state index contributed by atoms with van der Waals surface area (Å²) in [5, 5.41) is 0. The zero-order valence-corrected chi connectivity index (χ0v) is 10.7. The lowest BCUT2D eigenvalue weighted by molar-refractivity contribution is 0.0917. The van der Waals surface area contributed by atoms with E-state index in [1.54, 1.807) is 12.3 Å². The summed E-state index contributed by atoms with van der Waals surface area (Å²) in [6.45, 7) is 0. The molecule has 1 fully saturated rings. The second-order valence-corrected chi connectivity index (χ2v) is 5.23. The van der Waals surface area contributed by atoms with E-state index in [2.05, 4.69) is 15.9 Å². The fourth-order valence-corrected chi connectivity index (χ4v) is 2.58. The topological polar surface area (TPSA) is 30.2 Å². The SMILES string of the molecule is O=C(c1occc1Br)C1(c2ccccc2)CC1. The molecule has 0 bridgehead atoms. The Bertz CT molecular complexity index is 553. The van der Waals surface area contributed by atoms with Crippen LogP contribution >= 0.6 is 15.9 Å². The first-order chi connectivity index (χ1) is 8.24. The largest absolute Gasteiger partial charge is 0.460 e. The predicted molar refractivity (Wildman–Crippen MR) is 68.1 cm³/mol. The first-order valence-electron chi connectivity index (χ1n) is 5.57. The van der Waals surface area contributed by atoms with Crippen LogP contribution in [0.2, 0.25) is 0 Å². The van der Waals surface area contributed by atoms with Crippen molar-refractivity contribution < 1.29 is 9.21 Å². The third-order valence-corrected chi connectivity index (χ3v) is 3.96. The third-order valence-electron chi connectivity index (χ3n) is 3.33. The molecular weight excluding hydrogens is 280 g/mol. The van der Waals surface area contributed by atoms with Gasteiger partial charge in [-0.2, -0.15) is 0 Å². The molecule has 0 atom stereocenters. The molecule has 0 saturated heterocycles. The molecule has 0 amide bonds. The number of rotatable bonds is 3. The van der Waals surface area contributed by atoms with Gasteiger partial charge in [0.25, 0.3) is 0 Å². The fraction of sp³-hybridized carbons (Fsp3) is 0.214. The Hall–Kier alpha value is -1.35. The molecule has 0 unspecified atom stereocenters. The molecule has 1 aliphatic rings. The van der Waals surface area contributed by atoms with Crippen molar-refractivity contribution in [2.75, 3.05) is 0 Å². The number of furan rings is 1. The molecule has 1 saturated carbocycles. The van der Waals surface area contributed by atoms with Gasteiger partial charge in [0, 0.05) is 0 Å². The number of carbonyl (C=O) groups excluding carboxylic acids is 1. The van der Waals surface area contributed by atoms with E-state index in [0.29, 0.717) is 5.76 Å². The van der Waals surface area contributed by atoms with Gasteiger partial charge in [-0.1, -0.05) is 30.3 Å². The minimum absolute atomic E-state index is 0.0839. The highest BCUT2D eigenvalue weighted by Crippen LogP contribution is 2.51. The Morgan fingerprint density at radius 2 is 1.88 bits per heavy atom. The van der Waals surface area contributed by atoms with Crippen LogP contribution < -0.4 is 0 Å². The Morgan fingerprint density at radius 1 is 1.18 bits per heavy atom. The molecular formula is C14H11BrO2. The molecule has 0 aliphatic heterocycles. The Balaban J connectivity index is 2.00. The fourth-order valence-electron chi connectivity index (χ4n) is 2.20. The van der Waals surface area contributed by atoms with E-state index >= 15 is 0 Å². The smallest absolute Gasteiger partial charge is 0.209 e. The molecule has 3 heteroatoms. The second-order valence-electron chi connectivity index (χ2n) is 4.37. The average molecular weight is 291 g/mol. The van der Waals surface area contributed by atoms with Gasteiger partial charge >= 0.3 is 0 Å². The number of halogens is 1. The zero-order valence-electron chi connectivity index (χ0n) is 9.15. The molecule has 0 spiro atoms. The summed E-state index contributed by atoms with van der Waals surface area (Å²) in [6.07, 6.45) is 3.35. The number of Topliss-reactive ketones (excluding diaryl/α,β-unsaturated/α-hetero) is 1. The van der Waals surface area contributed by atoms with Crippen LogP contribution in [0.5, 0.6) is 0 Å². The first kappa shape index (κ1) is 10.8. The summed E-state index contributed by atoms with van der Waals surface area (Å²) in [5.74, 6) is 0.520. The molecule has 2 aromatic rings. The minimum Gasteiger partial charge on any atom is -0.460 e. The summed E-state index contributed by atoms with van der Waals surface area (Å²) in [4.78, 5) is 12.5. The molecule has 1 aromatic carbocycles. The summed E-state index contributed by atoms with van der Waals surface area (Å²) >= 11 is 3.35. The summed E-state index contributed by atoms with van der Waals surface area (Å²) in [5.41, 5.74) is 0.745. The van der Waals surface area contributed by atoms with Crippen molar-refractivity contribution in [2.24, 2.45) is 0 Å². The number of carbonyl (C=O) groups is 1. The van der Waals surface area contributed by atoms with E-state index in [4.69, 9.17) is 4.42 Å². The summed E-state index contributed by atoms with van der Waals surface area (Å²) < 4.78 is 6.02. The monoisotopic (exact) mass is 290 g/mol. The van der Waals surface area contributed by atoms with Gasteiger partial charge in [-0.05, 0) is 40.4 Å².